The number of anilines is 1. The van der Waals surface area contributed by atoms with Crippen LogP contribution in [0.3, 0.4) is 0 Å². The Kier molecular flexibility index (Phi) is 10.1. The van der Waals surface area contributed by atoms with E-state index in [0.717, 1.165) is 41.2 Å². The van der Waals surface area contributed by atoms with Crippen molar-refractivity contribution in [2.24, 2.45) is 0 Å². The normalized spacial score (nSPS) is 14.1. The standard InChI is InChI=1S/C30H44N6O4.ClH/c1-10-40-28-25(19(4)5)24(18(2)3)27-32-35(29(31)36(27)33-28)17-23(37)20-15-21(30(6,7)8)26(38-9)22(16-20)34-11-13-39-14-12-34;/h15-16,18-19,31H,10-14,17H2,1-9H3;1H. The van der Waals surface area contributed by atoms with Crippen LogP contribution in [0.15, 0.2) is 12.1 Å². The van der Waals surface area contributed by atoms with E-state index in [1.165, 1.54) is 9.20 Å². The summed E-state index contributed by atoms with van der Waals surface area (Å²) in [6, 6.07) is 3.83. The first kappa shape index (κ1) is 32.4. The van der Waals surface area contributed by atoms with Crippen molar-refractivity contribution in [1.29, 1.82) is 5.41 Å². The number of halogens is 1. The highest BCUT2D eigenvalue weighted by molar-refractivity contribution is 5.98. The molecule has 0 unspecified atom stereocenters. The highest BCUT2D eigenvalue weighted by atomic mass is 35.5. The van der Waals surface area contributed by atoms with Crippen LogP contribution in [0.25, 0.3) is 5.65 Å². The fraction of sp³-hybridized carbons (Fsp3) is 0.600. The summed E-state index contributed by atoms with van der Waals surface area (Å²) in [5.41, 5.74) is 4.75. The van der Waals surface area contributed by atoms with Gasteiger partial charge < -0.3 is 19.1 Å². The van der Waals surface area contributed by atoms with Crippen molar-refractivity contribution in [3.05, 3.63) is 40.0 Å². The van der Waals surface area contributed by atoms with Crippen LogP contribution in [0, 0.1) is 5.41 Å². The van der Waals surface area contributed by atoms with Crippen molar-refractivity contribution in [2.75, 3.05) is 44.9 Å². The molecule has 1 aromatic carbocycles. The Morgan fingerprint density at radius 2 is 1.71 bits per heavy atom. The van der Waals surface area contributed by atoms with Crippen LogP contribution in [0.4, 0.5) is 5.69 Å². The van der Waals surface area contributed by atoms with Crippen molar-refractivity contribution in [3.8, 4) is 11.6 Å². The molecule has 11 heteroatoms. The zero-order chi connectivity index (χ0) is 29.4. The van der Waals surface area contributed by atoms with E-state index in [1.54, 1.807) is 7.11 Å². The molecule has 10 nitrogen and oxygen atoms in total. The van der Waals surface area contributed by atoms with Crippen LogP contribution in [0.2, 0.25) is 0 Å². The molecule has 1 saturated heterocycles. The predicted molar refractivity (Wildman–Crippen MR) is 162 cm³/mol. The van der Waals surface area contributed by atoms with Gasteiger partial charge in [-0.15, -0.1) is 22.6 Å². The lowest BCUT2D eigenvalue weighted by Gasteiger charge is -2.33. The zero-order valence-electron chi connectivity index (χ0n) is 25.8. The Labute approximate surface area is 248 Å². The molecule has 0 spiro atoms. The number of ether oxygens (including phenoxy) is 3. The van der Waals surface area contributed by atoms with E-state index < -0.39 is 0 Å². The molecule has 226 valence electrons. The number of methoxy groups -OCH3 is 1. The van der Waals surface area contributed by atoms with Gasteiger partial charge in [0.1, 0.15) is 12.3 Å². The molecule has 1 aliphatic heterocycles. The first-order valence-electron chi connectivity index (χ1n) is 14.2. The number of carbonyl (C=O) groups excluding carboxylic acids is 1. The number of morpholine rings is 1. The number of nitrogens with one attached hydrogen (secondary N) is 1. The molecule has 0 aliphatic carbocycles. The highest BCUT2D eigenvalue weighted by Gasteiger charge is 2.28. The minimum Gasteiger partial charge on any atom is -0.494 e. The Morgan fingerprint density at radius 1 is 1.07 bits per heavy atom. The van der Waals surface area contributed by atoms with E-state index >= 15 is 0 Å². The second-order valence-electron chi connectivity index (χ2n) is 11.9. The molecule has 2 aromatic heterocycles. The lowest BCUT2D eigenvalue weighted by Crippen LogP contribution is -2.37. The van der Waals surface area contributed by atoms with Gasteiger partial charge in [-0.3, -0.25) is 10.2 Å². The van der Waals surface area contributed by atoms with Crippen molar-refractivity contribution >= 4 is 29.5 Å². The second kappa shape index (κ2) is 12.8. The molecule has 3 aromatic rings. The number of nitrogens with zero attached hydrogens (tertiary/aromatic N) is 5. The molecular weight excluding hydrogens is 544 g/mol. The Hall–Kier alpha value is -3.11. The maximum Gasteiger partial charge on any atom is 0.242 e. The van der Waals surface area contributed by atoms with Crippen molar-refractivity contribution in [3.63, 3.8) is 0 Å². The SMILES string of the molecule is CCOc1nn2c(=N)n(CC(=O)c3cc(N4CCOCC4)c(OC)c(C(C)(C)C)c3)nc2c(C(C)C)c1C(C)C.Cl. The maximum absolute atomic E-state index is 13.8. The first-order chi connectivity index (χ1) is 18.9. The van der Waals surface area contributed by atoms with Crippen molar-refractivity contribution in [1.82, 2.24) is 19.4 Å². The smallest absolute Gasteiger partial charge is 0.242 e. The molecule has 0 saturated carbocycles. The van der Waals surface area contributed by atoms with E-state index in [4.69, 9.17) is 24.7 Å². The molecule has 41 heavy (non-hydrogen) atoms. The monoisotopic (exact) mass is 588 g/mol. The predicted octanol–water partition coefficient (Wildman–Crippen LogP) is 5.10. The molecule has 0 radical (unpaired) electrons. The summed E-state index contributed by atoms with van der Waals surface area (Å²) >= 11 is 0. The summed E-state index contributed by atoms with van der Waals surface area (Å²) in [5.74, 6) is 1.44. The minimum atomic E-state index is -0.251. The van der Waals surface area contributed by atoms with Gasteiger partial charge in [0.25, 0.3) is 0 Å². The number of hydrogen-bond acceptors (Lipinski definition) is 8. The number of carbonyl (C=O) groups is 1. The summed E-state index contributed by atoms with van der Waals surface area (Å²) < 4.78 is 20.3. The summed E-state index contributed by atoms with van der Waals surface area (Å²) in [4.78, 5) is 16.0. The van der Waals surface area contributed by atoms with E-state index in [0.29, 0.717) is 36.9 Å². The Balaban J connectivity index is 0.00000462. The third-order valence-corrected chi connectivity index (χ3v) is 7.30. The number of ketones is 1. The molecule has 3 heterocycles. The average molecular weight is 589 g/mol. The molecule has 0 atom stereocenters. The number of fused-ring (bicyclic) bond motifs is 1. The van der Waals surface area contributed by atoms with Crippen LogP contribution in [0.5, 0.6) is 11.6 Å². The molecular formula is C30H45ClN6O4. The van der Waals surface area contributed by atoms with E-state index in [1.807, 2.05) is 19.1 Å². The molecule has 1 aliphatic rings. The van der Waals surface area contributed by atoms with Gasteiger partial charge in [0.15, 0.2) is 11.4 Å². The second-order valence-corrected chi connectivity index (χ2v) is 11.9. The Bertz CT molecular complexity index is 1450. The van der Waals surface area contributed by atoms with Crippen LogP contribution in [0.1, 0.15) is 94.3 Å². The number of aromatic nitrogens is 4. The van der Waals surface area contributed by atoms with Gasteiger partial charge in [-0.25, -0.2) is 4.68 Å². The van der Waals surface area contributed by atoms with Gasteiger partial charge in [0.2, 0.25) is 11.5 Å². The molecule has 0 bridgehead atoms. The average Bonchev–Trinajstić information content (AvgIpc) is 3.21. The number of Topliss-reactive ketones (excluding diaryl/α,β-unsaturated/α-hetero) is 1. The van der Waals surface area contributed by atoms with Gasteiger partial charge in [0, 0.05) is 35.3 Å². The summed E-state index contributed by atoms with van der Waals surface area (Å²) in [5, 5.41) is 18.3. The van der Waals surface area contributed by atoms with Gasteiger partial charge in [0.05, 0.1) is 32.6 Å². The summed E-state index contributed by atoms with van der Waals surface area (Å²) in [6.45, 7) is 19.7. The van der Waals surface area contributed by atoms with E-state index in [-0.39, 0.29) is 47.6 Å². The summed E-state index contributed by atoms with van der Waals surface area (Å²) in [6.07, 6.45) is 0. The topological polar surface area (TPSA) is 107 Å². The third-order valence-electron chi connectivity index (χ3n) is 7.30. The van der Waals surface area contributed by atoms with Gasteiger partial charge in [-0.1, -0.05) is 48.5 Å². The van der Waals surface area contributed by atoms with E-state index in [9.17, 15) is 4.79 Å². The fourth-order valence-corrected chi connectivity index (χ4v) is 5.35. The number of hydrogen-bond donors (Lipinski definition) is 1. The van der Waals surface area contributed by atoms with Crippen LogP contribution in [-0.2, 0) is 16.7 Å². The first-order valence-corrected chi connectivity index (χ1v) is 14.2. The highest BCUT2D eigenvalue weighted by Crippen LogP contribution is 2.40. The molecule has 1 N–H and O–H groups in total. The number of rotatable bonds is 9. The lowest BCUT2D eigenvalue weighted by atomic mass is 9.84. The largest absolute Gasteiger partial charge is 0.494 e. The van der Waals surface area contributed by atoms with Gasteiger partial charge in [-0.2, -0.15) is 4.52 Å². The minimum absolute atomic E-state index is 0. The van der Waals surface area contributed by atoms with E-state index in [2.05, 4.69) is 58.5 Å². The maximum atomic E-state index is 13.8. The molecule has 1 fully saturated rings. The quantitative estimate of drug-likeness (QED) is 0.346. The van der Waals surface area contributed by atoms with Crippen molar-refractivity contribution < 1.29 is 19.0 Å². The van der Waals surface area contributed by atoms with Crippen LogP contribution in [-0.4, -0.2) is 65.2 Å². The molecule has 0 amide bonds. The van der Waals surface area contributed by atoms with Crippen LogP contribution >= 0.6 is 12.4 Å². The molecule has 4 rings (SSSR count). The van der Waals surface area contributed by atoms with Gasteiger partial charge in [-0.05, 0) is 36.3 Å². The Morgan fingerprint density at radius 3 is 2.24 bits per heavy atom. The van der Waals surface area contributed by atoms with Gasteiger partial charge >= 0.3 is 0 Å². The zero-order valence-corrected chi connectivity index (χ0v) is 26.6. The number of benzene rings is 1. The third kappa shape index (κ3) is 6.38. The summed E-state index contributed by atoms with van der Waals surface area (Å²) in [7, 11) is 1.68. The fourth-order valence-electron chi connectivity index (χ4n) is 5.35. The lowest BCUT2D eigenvalue weighted by molar-refractivity contribution is 0.0965. The van der Waals surface area contributed by atoms with Crippen LogP contribution < -0.4 is 20.0 Å². The van der Waals surface area contributed by atoms with Crippen molar-refractivity contribution in [2.45, 2.75) is 79.2 Å².